The largest absolute Gasteiger partial charge is 0.477 e. The molecule has 0 aliphatic carbocycles. The maximum atomic E-state index is 13.4. The minimum atomic E-state index is -4.66. The Morgan fingerprint density at radius 3 is 2.50 bits per heavy atom. The van der Waals surface area contributed by atoms with E-state index in [9.17, 15) is 18.0 Å². The first-order valence-corrected chi connectivity index (χ1v) is 7.65. The van der Waals surface area contributed by atoms with Gasteiger partial charge in [0.15, 0.2) is 0 Å². The third-order valence-electron chi connectivity index (χ3n) is 3.48. The molecule has 8 heteroatoms. The Labute approximate surface area is 138 Å². The quantitative estimate of drug-likeness (QED) is 0.741. The van der Waals surface area contributed by atoms with Gasteiger partial charge in [0.05, 0.1) is 11.3 Å². The first-order valence-electron chi connectivity index (χ1n) is 6.83. The predicted molar refractivity (Wildman–Crippen MR) is 85.2 cm³/mol. The van der Waals surface area contributed by atoms with Crippen LogP contribution in [-0.2, 0) is 12.6 Å². The molecule has 0 amide bonds. The molecule has 0 atom stereocenters. The lowest BCUT2D eigenvalue weighted by molar-refractivity contribution is -0.136. The smallest absolute Gasteiger partial charge is 0.417 e. The molecule has 4 nitrogen and oxygen atoms in total. The second-order valence-electron chi connectivity index (χ2n) is 5.15. The van der Waals surface area contributed by atoms with Gasteiger partial charge in [0.1, 0.15) is 9.71 Å². The van der Waals surface area contributed by atoms with E-state index in [1.165, 1.54) is 0 Å². The first-order chi connectivity index (χ1) is 11.3. The number of benzene rings is 1. The molecule has 0 spiro atoms. The Hall–Kier alpha value is -2.61. The fourth-order valence-corrected chi connectivity index (χ4v) is 3.43. The number of carbonyl (C=O) groups is 1. The molecule has 1 aromatic carbocycles. The minimum Gasteiger partial charge on any atom is -0.477 e. The van der Waals surface area contributed by atoms with Crippen molar-refractivity contribution in [1.82, 2.24) is 4.98 Å². The number of nitrogen functional groups attached to an aromatic ring is 1. The summed E-state index contributed by atoms with van der Waals surface area (Å²) in [7, 11) is 0. The van der Waals surface area contributed by atoms with Gasteiger partial charge in [-0.1, -0.05) is 30.3 Å². The van der Waals surface area contributed by atoms with Crippen LogP contribution in [0.1, 0.15) is 26.5 Å². The lowest BCUT2D eigenvalue weighted by Gasteiger charge is -2.11. The van der Waals surface area contributed by atoms with E-state index < -0.39 is 23.4 Å². The summed E-state index contributed by atoms with van der Waals surface area (Å²) < 4.78 is 40.2. The van der Waals surface area contributed by atoms with Crippen molar-refractivity contribution >= 4 is 33.2 Å². The fourth-order valence-electron chi connectivity index (χ4n) is 2.45. The van der Waals surface area contributed by atoms with Gasteiger partial charge in [-0.2, -0.15) is 13.2 Å². The number of carboxylic acid groups (broad SMARTS) is 1. The van der Waals surface area contributed by atoms with E-state index in [0.29, 0.717) is 11.3 Å². The lowest BCUT2D eigenvalue weighted by atomic mass is 10.1. The number of rotatable bonds is 3. The summed E-state index contributed by atoms with van der Waals surface area (Å²) in [6, 6.07) is 9.87. The Bertz CT molecular complexity index is 920. The number of alkyl halides is 3. The van der Waals surface area contributed by atoms with Crippen molar-refractivity contribution in [3.8, 4) is 0 Å². The van der Waals surface area contributed by atoms with Gasteiger partial charge in [0.2, 0.25) is 0 Å². The Kier molecular flexibility index (Phi) is 3.92. The SMILES string of the molecule is Nc1c(C(=O)O)sc2nc(Cc3ccccc3)cc(C(F)(F)F)c12. The van der Waals surface area contributed by atoms with Crippen molar-refractivity contribution in [2.24, 2.45) is 0 Å². The van der Waals surface area contributed by atoms with Crippen LogP contribution in [-0.4, -0.2) is 16.1 Å². The second-order valence-corrected chi connectivity index (χ2v) is 6.15. The van der Waals surface area contributed by atoms with Gasteiger partial charge in [-0.05, 0) is 11.6 Å². The molecule has 0 fully saturated rings. The Morgan fingerprint density at radius 2 is 1.92 bits per heavy atom. The molecule has 2 heterocycles. The van der Waals surface area contributed by atoms with Crippen LogP contribution in [0.15, 0.2) is 36.4 Å². The molecule has 0 saturated carbocycles. The number of thiophene rings is 1. The first kappa shape index (κ1) is 16.3. The Balaban J connectivity index is 2.21. The molecule has 0 unspecified atom stereocenters. The molecular weight excluding hydrogens is 341 g/mol. The fraction of sp³-hybridized carbons (Fsp3) is 0.125. The number of nitrogens with zero attached hydrogens (tertiary/aromatic N) is 1. The number of pyridine rings is 1. The highest BCUT2D eigenvalue weighted by atomic mass is 32.1. The zero-order valence-electron chi connectivity index (χ0n) is 12.1. The van der Waals surface area contributed by atoms with E-state index >= 15 is 0 Å². The summed E-state index contributed by atoms with van der Waals surface area (Å²) in [6.07, 6.45) is -4.45. The van der Waals surface area contributed by atoms with Crippen LogP contribution in [0.2, 0.25) is 0 Å². The number of aromatic nitrogens is 1. The second kappa shape index (κ2) is 5.79. The molecule has 3 rings (SSSR count). The highest BCUT2D eigenvalue weighted by Gasteiger charge is 2.36. The average molecular weight is 352 g/mol. The number of anilines is 1. The molecule has 3 N–H and O–H groups in total. The normalized spacial score (nSPS) is 11.8. The topological polar surface area (TPSA) is 76.2 Å². The monoisotopic (exact) mass is 352 g/mol. The number of carboxylic acids is 1. The molecule has 0 saturated heterocycles. The molecule has 24 heavy (non-hydrogen) atoms. The average Bonchev–Trinajstić information content (AvgIpc) is 2.84. The maximum Gasteiger partial charge on any atom is 0.417 e. The standard InChI is InChI=1S/C16H11F3N2O2S/c17-16(18,19)10-7-9(6-8-4-2-1-3-5-8)21-14-11(10)12(20)13(24-14)15(22)23/h1-5,7H,6,20H2,(H,22,23). The molecular formula is C16H11F3N2O2S. The summed E-state index contributed by atoms with van der Waals surface area (Å²) >= 11 is 0.651. The van der Waals surface area contributed by atoms with E-state index in [4.69, 9.17) is 10.8 Å². The minimum absolute atomic E-state index is 0.0225. The number of hydrogen-bond donors (Lipinski definition) is 2. The van der Waals surface area contributed by atoms with Crippen LogP contribution in [0.5, 0.6) is 0 Å². The van der Waals surface area contributed by atoms with Crippen molar-refractivity contribution in [2.45, 2.75) is 12.6 Å². The van der Waals surface area contributed by atoms with Gasteiger partial charge >= 0.3 is 12.1 Å². The van der Waals surface area contributed by atoms with Crippen molar-refractivity contribution in [2.75, 3.05) is 5.73 Å². The molecule has 0 bridgehead atoms. The molecule has 2 aromatic heterocycles. The van der Waals surface area contributed by atoms with E-state index in [2.05, 4.69) is 4.98 Å². The van der Waals surface area contributed by atoms with Gasteiger partial charge in [0, 0.05) is 17.5 Å². The number of fused-ring (bicyclic) bond motifs is 1. The van der Waals surface area contributed by atoms with Gasteiger partial charge in [0.25, 0.3) is 0 Å². The van der Waals surface area contributed by atoms with Gasteiger partial charge in [-0.15, -0.1) is 11.3 Å². The number of nitrogens with two attached hydrogens (primary N) is 1. The number of halogens is 3. The van der Waals surface area contributed by atoms with E-state index in [-0.39, 0.29) is 27.2 Å². The van der Waals surface area contributed by atoms with Crippen LogP contribution in [0.25, 0.3) is 10.2 Å². The highest BCUT2D eigenvalue weighted by molar-refractivity contribution is 7.21. The number of hydrogen-bond acceptors (Lipinski definition) is 4. The predicted octanol–water partition coefficient (Wildman–Crippen LogP) is 4.19. The summed E-state index contributed by atoms with van der Waals surface area (Å²) in [4.78, 5) is 15.0. The maximum absolute atomic E-state index is 13.4. The lowest BCUT2D eigenvalue weighted by Crippen LogP contribution is -2.09. The van der Waals surface area contributed by atoms with Crippen LogP contribution in [0.3, 0.4) is 0 Å². The number of aromatic carboxylic acids is 1. The van der Waals surface area contributed by atoms with E-state index in [0.717, 1.165) is 11.6 Å². The van der Waals surface area contributed by atoms with E-state index in [1.807, 2.05) is 0 Å². The van der Waals surface area contributed by atoms with Crippen molar-refractivity contribution in [1.29, 1.82) is 0 Å². The Morgan fingerprint density at radius 1 is 1.25 bits per heavy atom. The summed E-state index contributed by atoms with van der Waals surface area (Å²) in [5.41, 5.74) is 5.29. The molecule has 0 aliphatic rings. The van der Waals surface area contributed by atoms with Crippen molar-refractivity contribution in [3.05, 3.63) is 58.1 Å². The third-order valence-corrected chi connectivity index (χ3v) is 4.57. The summed E-state index contributed by atoms with van der Waals surface area (Å²) in [5.74, 6) is -1.37. The summed E-state index contributed by atoms with van der Waals surface area (Å²) in [5, 5.41) is 8.74. The molecule has 124 valence electrons. The van der Waals surface area contributed by atoms with Gasteiger partial charge in [-0.25, -0.2) is 9.78 Å². The van der Waals surface area contributed by atoms with Gasteiger partial charge in [-0.3, -0.25) is 0 Å². The third kappa shape index (κ3) is 2.92. The molecule has 3 aromatic rings. The highest BCUT2D eigenvalue weighted by Crippen LogP contribution is 2.42. The van der Waals surface area contributed by atoms with Crippen molar-refractivity contribution in [3.63, 3.8) is 0 Å². The molecule has 0 radical (unpaired) electrons. The van der Waals surface area contributed by atoms with Crippen LogP contribution in [0, 0.1) is 0 Å². The zero-order chi connectivity index (χ0) is 17.5. The van der Waals surface area contributed by atoms with Gasteiger partial charge < -0.3 is 10.8 Å². The summed E-state index contributed by atoms with van der Waals surface area (Å²) in [6.45, 7) is 0. The molecule has 0 aliphatic heterocycles. The van der Waals surface area contributed by atoms with Crippen molar-refractivity contribution < 1.29 is 23.1 Å². The van der Waals surface area contributed by atoms with Crippen LogP contribution < -0.4 is 5.73 Å². The van der Waals surface area contributed by atoms with Crippen LogP contribution >= 0.6 is 11.3 Å². The van der Waals surface area contributed by atoms with Crippen LogP contribution in [0.4, 0.5) is 18.9 Å². The van der Waals surface area contributed by atoms with E-state index in [1.54, 1.807) is 30.3 Å². The zero-order valence-corrected chi connectivity index (χ0v) is 12.9.